The summed E-state index contributed by atoms with van der Waals surface area (Å²) in [6.45, 7) is 3.59. The van der Waals surface area contributed by atoms with Crippen molar-refractivity contribution in [1.82, 2.24) is 19.8 Å². The lowest BCUT2D eigenvalue weighted by Gasteiger charge is -2.34. The molecule has 1 aliphatic rings. The zero-order chi connectivity index (χ0) is 28.7. The smallest absolute Gasteiger partial charge is 0.254 e. The minimum atomic E-state index is -0.734. The predicted molar refractivity (Wildman–Crippen MR) is 148 cm³/mol. The van der Waals surface area contributed by atoms with E-state index in [1.54, 1.807) is 19.1 Å². The van der Waals surface area contributed by atoms with E-state index in [-0.39, 0.29) is 41.7 Å². The Morgan fingerprint density at radius 1 is 1.41 bits per heavy atom. The highest BCUT2D eigenvalue weighted by Crippen LogP contribution is 2.34. The number of carbonyl (C=O) groups excluding carboxylic acids is 2. The number of nitriles is 1. The quantitative estimate of drug-likeness (QED) is 0.272. The van der Waals surface area contributed by atoms with Crippen LogP contribution in [0.1, 0.15) is 39.1 Å². The summed E-state index contributed by atoms with van der Waals surface area (Å²) in [6, 6.07) is 4.79. The van der Waals surface area contributed by atoms with Gasteiger partial charge in [0, 0.05) is 31.6 Å². The topological polar surface area (TPSA) is 202 Å². The van der Waals surface area contributed by atoms with Crippen LogP contribution in [-0.2, 0) is 0 Å². The van der Waals surface area contributed by atoms with E-state index in [9.17, 15) is 9.59 Å². The molecule has 0 radical (unpaired) electrons. The Hall–Kier alpha value is -4.41. The molecular weight excluding hydrogens is 500 g/mol. The van der Waals surface area contributed by atoms with E-state index >= 15 is 0 Å². The van der Waals surface area contributed by atoms with Gasteiger partial charge in [-0.15, -0.1) is 0 Å². The van der Waals surface area contributed by atoms with Crippen LogP contribution in [0.5, 0.6) is 5.75 Å². The minimum absolute atomic E-state index is 0.0485. The molecule has 0 saturated carbocycles. The Balaban J connectivity index is 1.92. The average Bonchev–Trinajstić information content (AvgIpc) is 2.91. The van der Waals surface area contributed by atoms with E-state index in [0.29, 0.717) is 28.3 Å². The summed E-state index contributed by atoms with van der Waals surface area (Å²) in [6.07, 6.45) is 4.74. The number of benzene rings is 1. The SMILES string of the molecule is COc1cc(C(=O)N(C)CC#N)cc(C)c1Nc1nc(N/C(=C/N)C(N)[C@H]2CCCN(C)C2)ncc1C(N)=O. The van der Waals surface area contributed by atoms with E-state index in [4.69, 9.17) is 27.2 Å². The van der Waals surface area contributed by atoms with Gasteiger partial charge in [-0.2, -0.15) is 10.2 Å². The number of aryl methyl sites for hydroxylation is 1. The van der Waals surface area contributed by atoms with Crippen molar-refractivity contribution in [2.24, 2.45) is 23.1 Å². The molecule has 1 saturated heterocycles. The number of likely N-dealkylation sites (tertiary alicyclic amines) is 1. The van der Waals surface area contributed by atoms with Gasteiger partial charge in [-0.25, -0.2) is 4.98 Å². The van der Waals surface area contributed by atoms with E-state index in [1.807, 2.05) is 6.07 Å². The highest BCUT2D eigenvalue weighted by molar-refractivity contribution is 5.99. The number of anilines is 3. The van der Waals surface area contributed by atoms with Gasteiger partial charge in [-0.05, 0) is 57.0 Å². The lowest BCUT2D eigenvalue weighted by molar-refractivity contribution is 0.0811. The molecule has 13 nitrogen and oxygen atoms in total. The summed E-state index contributed by atoms with van der Waals surface area (Å²) in [4.78, 5) is 37.2. The fourth-order valence-corrected chi connectivity index (χ4v) is 4.55. The number of nitrogens with zero attached hydrogens (tertiary/aromatic N) is 5. The molecule has 0 spiro atoms. The van der Waals surface area contributed by atoms with E-state index in [1.165, 1.54) is 31.5 Å². The van der Waals surface area contributed by atoms with Gasteiger partial charge in [-0.3, -0.25) is 9.59 Å². The summed E-state index contributed by atoms with van der Waals surface area (Å²) in [7, 11) is 5.05. The third-order valence-electron chi connectivity index (χ3n) is 6.68. The first-order valence-electron chi connectivity index (χ1n) is 12.5. The molecule has 3 rings (SSSR count). The van der Waals surface area contributed by atoms with Crippen molar-refractivity contribution in [3.05, 3.63) is 46.9 Å². The average molecular weight is 537 g/mol. The number of carbonyl (C=O) groups is 2. The van der Waals surface area contributed by atoms with Gasteiger partial charge in [0.15, 0.2) is 0 Å². The number of rotatable bonds is 10. The molecule has 0 bridgehead atoms. The number of piperidine rings is 1. The lowest BCUT2D eigenvalue weighted by atomic mass is 9.89. The maximum absolute atomic E-state index is 12.7. The Bertz CT molecular complexity index is 1290. The van der Waals surface area contributed by atoms with Crippen LogP contribution >= 0.6 is 0 Å². The van der Waals surface area contributed by atoms with Crippen LogP contribution in [0.2, 0.25) is 0 Å². The van der Waals surface area contributed by atoms with E-state index < -0.39 is 5.91 Å². The molecule has 1 aromatic carbocycles. The summed E-state index contributed by atoms with van der Waals surface area (Å²) in [5, 5.41) is 15.1. The maximum atomic E-state index is 12.7. The first-order valence-corrected chi connectivity index (χ1v) is 12.5. The molecular formula is C26H36N10O3. The normalized spacial score (nSPS) is 16.6. The summed E-state index contributed by atoms with van der Waals surface area (Å²) in [5.74, 6) is -0.239. The Morgan fingerprint density at radius 3 is 2.77 bits per heavy atom. The molecule has 1 aromatic heterocycles. The number of hydrogen-bond donors (Lipinski definition) is 5. The number of nitrogens with one attached hydrogen (secondary N) is 2. The standard InChI is InChI=1S/C26H36N10O3/c1-15-10-17(25(38)36(3)9-7-27)11-20(39-4)22(15)33-24-18(23(30)37)13-31-26(34-24)32-19(12-28)21(29)16-6-5-8-35(2)14-16/h10-13,16,21H,5-6,8-9,14,28-29H2,1-4H3,(H2,30,37)(H2,31,32,33,34)/b19-12+/t16-,21?/m0/s1. The first-order chi connectivity index (χ1) is 18.6. The van der Waals surface area contributed by atoms with Crippen molar-refractivity contribution in [3.63, 3.8) is 0 Å². The van der Waals surface area contributed by atoms with Gasteiger partial charge in [0.25, 0.3) is 11.8 Å². The van der Waals surface area contributed by atoms with Crippen molar-refractivity contribution in [2.75, 3.05) is 51.5 Å². The highest BCUT2D eigenvalue weighted by atomic mass is 16.5. The van der Waals surface area contributed by atoms with Gasteiger partial charge < -0.3 is 42.4 Å². The molecule has 1 fully saturated rings. The minimum Gasteiger partial charge on any atom is -0.495 e. The fraction of sp³-hybridized carbons (Fsp3) is 0.423. The number of nitrogens with two attached hydrogens (primary N) is 3. The maximum Gasteiger partial charge on any atom is 0.254 e. The van der Waals surface area contributed by atoms with Gasteiger partial charge in [0.2, 0.25) is 5.95 Å². The first kappa shape index (κ1) is 29.2. The lowest BCUT2D eigenvalue weighted by Crippen LogP contribution is -2.44. The molecule has 1 aliphatic heterocycles. The summed E-state index contributed by atoms with van der Waals surface area (Å²) >= 11 is 0. The summed E-state index contributed by atoms with van der Waals surface area (Å²) < 4.78 is 5.53. The van der Waals surface area contributed by atoms with Gasteiger partial charge >= 0.3 is 0 Å². The molecule has 2 atom stereocenters. The largest absolute Gasteiger partial charge is 0.495 e. The van der Waals surface area contributed by atoms with Crippen LogP contribution in [0, 0.1) is 24.2 Å². The molecule has 2 aromatic rings. The van der Waals surface area contributed by atoms with Crippen LogP contribution in [0.4, 0.5) is 17.5 Å². The zero-order valence-electron chi connectivity index (χ0n) is 22.7. The van der Waals surface area contributed by atoms with Crippen LogP contribution in [0.15, 0.2) is 30.2 Å². The molecule has 39 heavy (non-hydrogen) atoms. The predicted octanol–water partition coefficient (Wildman–Crippen LogP) is 1.11. The second kappa shape index (κ2) is 12.9. The summed E-state index contributed by atoms with van der Waals surface area (Å²) in [5.41, 5.74) is 20.1. The number of aromatic nitrogens is 2. The van der Waals surface area contributed by atoms with Gasteiger partial charge in [-0.1, -0.05) is 0 Å². The van der Waals surface area contributed by atoms with Crippen molar-refractivity contribution >= 4 is 29.3 Å². The molecule has 2 heterocycles. The molecule has 0 aliphatic carbocycles. The third-order valence-corrected chi connectivity index (χ3v) is 6.68. The van der Waals surface area contributed by atoms with Crippen molar-refractivity contribution < 1.29 is 14.3 Å². The fourth-order valence-electron chi connectivity index (χ4n) is 4.55. The van der Waals surface area contributed by atoms with Crippen LogP contribution in [0.25, 0.3) is 0 Å². The number of ether oxygens (including phenoxy) is 1. The van der Waals surface area contributed by atoms with E-state index in [2.05, 4.69) is 32.5 Å². The van der Waals surface area contributed by atoms with Gasteiger partial charge in [0.1, 0.15) is 23.7 Å². The molecule has 13 heteroatoms. The molecule has 1 unspecified atom stereocenters. The van der Waals surface area contributed by atoms with Crippen LogP contribution < -0.4 is 32.6 Å². The Morgan fingerprint density at radius 2 is 2.15 bits per heavy atom. The van der Waals surface area contributed by atoms with Crippen LogP contribution in [-0.4, -0.2) is 78.5 Å². The highest BCUT2D eigenvalue weighted by Gasteiger charge is 2.27. The Labute approximate surface area is 228 Å². The van der Waals surface area contributed by atoms with Crippen molar-refractivity contribution in [1.29, 1.82) is 5.26 Å². The van der Waals surface area contributed by atoms with Crippen molar-refractivity contribution in [3.8, 4) is 11.8 Å². The van der Waals surface area contributed by atoms with Crippen molar-refractivity contribution in [2.45, 2.75) is 25.8 Å². The third kappa shape index (κ3) is 6.92. The van der Waals surface area contributed by atoms with E-state index in [0.717, 1.165) is 25.9 Å². The van der Waals surface area contributed by atoms with Crippen LogP contribution in [0.3, 0.4) is 0 Å². The molecule has 8 N–H and O–H groups in total. The zero-order valence-corrected chi connectivity index (χ0v) is 22.7. The monoisotopic (exact) mass is 536 g/mol. The number of methoxy groups -OCH3 is 1. The number of primary amides is 1. The Kier molecular flexibility index (Phi) is 9.64. The second-order valence-electron chi connectivity index (χ2n) is 9.57. The molecule has 2 amide bonds. The second-order valence-corrected chi connectivity index (χ2v) is 9.57. The van der Waals surface area contributed by atoms with Gasteiger partial charge in [0.05, 0.1) is 30.6 Å². The number of amides is 2. The number of hydrogen-bond acceptors (Lipinski definition) is 11. The molecule has 208 valence electrons.